The predicted molar refractivity (Wildman–Crippen MR) is 187 cm³/mol. The lowest BCUT2D eigenvalue weighted by atomic mass is 10.0. The van der Waals surface area contributed by atoms with Gasteiger partial charge >= 0.3 is 0 Å². The van der Waals surface area contributed by atoms with Crippen LogP contribution in [0.1, 0.15) is 42.0 Å². The fourth-order valence-electron chi connectivity index (χ4n) is 5.16. The second-order valence-electron chi connectivity index (χ2n) is 11.5. The van der Waals surface area contributed by atoms with E-state index in [0.29, 0.717) is 6.54 Å². The Morgan fingerprint density at radius 3 is 2.13 bits per heavy atom. The largest absolute Gasteiger partial charge is 0.495 e. The van der Waals surface area contributed by atoms with Crippen molar-refractivity contribution in [2.75, 3.05) is 24.5 Å². The van der Waals surface area contributed by atoms with Gasteiger partial charge in [0.05, 0.1) is 17.7 Å². The summed E-state index contributed by atoms with van der Waals surface area (Å²) in [5.41, 5.74) is 3.71. The number of halogens is 1. The van der Waals surface area contributed by atoms with Crippen molar-refractivity contribution in [3.8, 4) is 5.75 Å². The molecule has 0 aromatic heterocycles. The first-order valence-corrected chi connectivity index (χ1v) is 17.4. The third-order valence-corrected chi connectivity index (χ3v) is 9.88. The number of unbranched alkanes of at least 4 members (excludes halogenated alkanes) is 1. The fourth-order valence-corrected chi connectivity index (χ4v) is 6.74. The van der Waals surface area contributed by atoms with E-state index in [-0.39, 0.29) is 40.2 Å². The van der Waals surface area contributed by atoms with Crippen LogP contribution in [0.25, 0.3) is 0 Å². The summed E-state index contributed by atoms with van der Waals surface area (Å²) in [5, 5.41) is 3.27. The van der Waals surface area contributed by atoms with Gasteiger partial charge in [0.15, 0.2) is 0 Å². The number of nitrogens with zero attached hydrogens (tertiary/aromatic N) is 2. The van der Waals surface area contributed by atoms with Crippen molar-refractivity contribution in [2.24, 2.45) is 0 Å². The standard InChI is InChI=1S/C37H42ClN3O5S/c1-5-6-22-39-37(43)34(23-29-10-8-7-9-11-29)40(25-30-16-12-27(2)13-17-30)36(42)26-41(33-24-31(38)18-21-35(33)46-4)47(44,45)32-19-14-28(3)15-20-32/h7-21,24,34H,5-6,22-23,25-26H2,1-4H3,(H,39,43)/t34-/m0/s1. The average molecular weight is 676 g/mol. The molecule has 0 aliphatic heterocycles. The molecule has 8 nitrogen and oxygen atoms in total. The van der Waals surface area contributed by atoms with Crippen molar-refractivity contribution < 1.29 is 22.7 Å². The quantitative estimate of drug-likeness (QED) is 0.141. The van der Waals surface area contributed by atoms with Gasteiger partial charge < -0.3 is 15.0 Å². The number of aryl methyl sites for hydroxylation is 2. The third-order valence-electron chi connectivity index (χ3n) is 7.87. The van der Waals surface area contributed by atoms with Crippen molar-refractivity contribution in [3.63, 3.8) is 0 Å². The summed E-state index contributed by atoms with van der Waals surface area (Å²) in [4.78, 5) is 30.0. The Morgan fingerprint density at radius 2 is 1.51 bits per heavy atom. The molecule has 4 aromatic rings. The van der Waals surface area contributed by atoms with Gasteiger partial charge in [-0.05, 0) is 61.7 Å². The number of ether oxygens (including phenoxy) is 1. The lowest BCUT2D eigenvalue weighted by Gasteiger charge is -2.34. The first-order valence-electron chi connectivity index (χ1n) is 15.6. The molecule has 0 spiro atoms. The van der Waals surface area contributed by atoms with Crippen LogP contribution >= 0.6 is 11.6 Å². The molecule has 2 amide bonds. The molecule has 47 heavy (non-hydrogen) atoms. The molecular formula is C37H42ClN3O5S. The van der Waals surface area contributed by atoms with Crippen LogP contribution in [0.4, 0.5) is 5.69 Å². The van der Waals surface area contributed by atoms with Gasteiger partial charge in [-0.1, -0.05) is 103 Å². The molecule has 1 N–H and O–H groups in total. The molecule has 4 rings (SSSR count). The SMILES string of the molecule is CCCCNC(=O)[C@H](Cc1ccccc1)N(Cc1ccc(C)cc1)C(=O)CN(c1cc(Cl)ccc1OC)S(=O)(=O)c1ccc(C)cc1. The molecule has 248 valence electrons. The minimum Gasteiger partial charge on any atom is -0.495 e. The molecule has 0 saturated heterocycles. The van der Waals surface area contributed by atoms with E-state index in [0.717, 1.165) is 39.4 Å². The zero-order chi connectivity index (χ0) is 34.0. The van der Waals surface area contributed by atoms with E-state index >= 15 is 0 Å². The zero-order valence-electron chi connectivity index (χ0n) is 27.3. The molecule has 0 radical (unpaired) electrons. The average Bonchev–Trinajstić information content (AvgIpc) is 3.06. The number of anilines is 1. The van der Waals surface area contributed by atoms with Crippen LogP contribution in [-0.2, 0) is 32.6 Å². The summed E-state index contributed by atoms with van der Waals surface area (Å²) >= 11 is 6.37. The normalized spacial score (nSPS) is 11.9. The Morgan fingerprint density at radius 1 is 0.872 bits per heavy atom. The van der Waals surface area contributed by atoms with E-state index in [1.165, 1.54) is 30.2 Å². The van der Waals surface area contributed by atoms with Gasteiger partial charge in [-0.3, -0.25) is 13.9 Å². The maximum Gasteiger partial charge on any atom is 0.264 e. The highest BCUT2D eigenvalue weighted by molar-refractivity contribution is 7.92. The van der Waals surface area contributed by atoms with Crippen LogP contribution in [0.15, 0.2) is 102 Å². The molecule has 0 fully saturated rings. The summed E-state index contributed by atoms with van der Waals surface area (Å²) in [6.45, 7) is 5.81. The minimum absolute atomic E-state index is 0.00107. The number of carbonyl (C=O) groups is 2. The number of sulfonamides is 1. The van der Waals surface area contributed by atoms with Crippen molar-refractivity contribution in [2.45, 2.75) is 57.5 Å². The van der Waals surface area contributed by atoms with Crippen molar-refractivity contribution in [1.82, 2.24) is 10.2 Å². The van der Waals surface area contributed by atoms with Gasteiger partial charge in [-0.25, -0.2) is 8.42 Å². The smallest absolute Gasteiger partial charge is 0.264 e. The molecule has 0 aliphatic carbocycles. The minimum atomic E-state index is -4.30. The van der Waals surface area contributed by atoms with Gasteiger partial charge in [0.1, 0.15) is 18.3 Å². The van der Waals surface area contributed by atoms with E-state index in [2.05, 4.69) is 5.32 Å². The number of carbonyl (C=O) groups excluding carboxylic acids is 2. The van der Waals surface area contributed by atoms with Gasteiger partial charge in [-0.15, -0.1) is 0 Å². The number of rotatable bonds is 15. The van der Waals surface area contributed by atoms with E-state index in [9.17, 15) is 18.0 Å². The van der Waals surface area contributed by atoms with Crippen LogP contribution < -0.4 is 14.4 Å². The number of benzene rings is 4. The molecule has 1 atom stereocenters. The number of hydrogen-bond donors (Lipinski definition) is 1. The Balaban J connectivity index is 1.83. The maximum absolute atomic E-state index is 14.6. The highest BCUT2D eigenvalue weighted by Gasteiger charge is 2.35. The second kappa shape index (κ2) is 16.5. The number of hydrogen-bond acceptors (Lipinski definition) is 5. The lowest BCUT2D eigenvalue weighted by molar-refractivity contribution is -0.140. The van der Waals surface area contributed by atoms with Crippen LogP contribution in [-0.4, -0.2) is 51.4 Å². The number of methoxy groups -OCH3 is 1. The van der Waals surface area contributed by atoms with E-state index in [1.54, 1.807) is 24.3 Å². The monoisotopic (exact) mass is 675 g/mol. The van der Waals surface area contributed by atoms with Crippen molar-refractivity contribution in [3.05, 3.63) is 124 Å². The summed E-state index contributed by atoms with van der Waals surface area (Å²) in [7, 11) is -2.88. The lowest BCUT2D eigenvalue weighted by Crippen LogP contribution is -2.53. The molecule has 0 heterocycles. The van der Waals surface area contributed by atoms with Crippen molar-refractivity contribution in [1.29, 1.82) is 0 Å². The van der Waals surface area contributed by atoms with Gasteiger partial charge in [0.25, 0.3) is 10.0 Å². The van der Waals surface area contributed by atoms with Crippen LogP contribution in [0.2, 0.25) is 5.02 Å². The van der Waals surface area contributed by atoms with E-state index in [1.807, 2.05) is 75.4 Å². The Bertz CT molecular complexity index is 1750. The number of nitrogens with one attached hydrogen (secondary N) is 1. The molecule has 4 aromatic carbocycles. The van der Waals surface area contributed by atoms with Crippen LogP contribution in [0, 0.1) is 13.8 Å². The highest BCUT2D eigenvalue weighted by Crippen LogP contribution is 2.35. The zero-order valence-corrected chi connectivity index (χ0v) is 28.9. The van der Waals surface area contributed by atoms with Gasteiger partial charge in [-0.2, -0.15) is 0 Å². The molecule has 0 aliphatic rings. The maximum atomic E-state index is 14.6. The summed E-state index contributed by atoms with van der Waals surface area (Å²) < 4.78 is 35.2. The summed E-state index contributed by atoms with van der Waals surface area (Å²) in [6, 6.07) is 27.3. The first-order chi connectivity index (χ1) is 22.5. The molecule has 0 saturated carbocycles. The van der Waals surface area contributed by atoms with Gasteiger partial charge in [0, 0.05) is 24.5 Å². The van der Waals surface area contributed by atoms with Crippen LogP contribution in [0.3, 0.4) is 0 Å². The Hall–Kier alpha value is -4.34. The first kappa shape index (κ1) is 35.5. The van der Waals surface area contributed by atoms with Crippen LogP contribution in [0.5, 0.6) is 5.75 Å². The Labute approximate surface area is 283 Å². The molecule has 10 heteroatoms. The fraction of sp³-hybridized carbons (Fsp3) is 0.297. The predicted octanol–water partition coefficient (Wildman–Crippen LogP) is 6.72. The number of amides is 2. The highest BCUT2D eigenvalue weighted by atomic mass is 35.5. The van der Waals surface area contributed by atoms with Gasteiger partial charge in [0.2, 0.25) is 11.8 Å². The molecule has 0 unspecified atom stereocenters. The topological polar surface area (TPSA) is 96.0 Å². The van der Waals surface area contributed by atoms with E-state index in [4.69, 9.17) is 16.3 Å². The third kappa shape index (κ3) is 9.36. The second-order valence-corrected chi connectivity index (χ2v) is 13.8. The van der Waals surface area contributed by atoms with E-state index < -0.39 is 28.5 Å². The molecular weight excluding hydrogens is 634 g/mol. The Kier molecular flexibility index (Phi) is 12.4. The summed E-state index contributed by atoms with van der Waals surface area (Å²) in [6.07, 6.45) is 1.91. The summed E-state index contributed by atoms with van der Waals surface area (Å²) in [5.74, 6) is -0.646. The van der Waals surface area contributed by atoms with Crippen molar-refractivity contribution >= 4 is 39.1 Å². The molecule has 0 bridgehead atoms.